The topological polar surface area (TPSA) is 20.3 Å². The van der Waals surface area contributed by atoms with Crippen LogP contribution in [0.4, 0.5) is 10.1 Å². The maximum atomic E-state index is 12.9. The first-order valence-corrected chi connectivity index (χ1v) is 6.64. The molecular formula is C17H18FNO. The SMILES string of the molecule is CC(CN(C)c1ccc(F)cc1)C(=O)c1ccccc1. The normalized spacial score (nSPS) is 11.9. The number of carbonyl (C=O) groups is 1. The third-order valence-corrected chi connectivity index (χ3v) is 3.32. The molecule has 2 aromatic carbocycles. The fourth-order valence-corrected chi connectivity index (χ4v) is 2.18. The minimum Gasteiger partial charge on any atom is -0.374 e. The molecule has 0 N–H and O–H groups in total. The predicted octanol–water partition coefficient (Wildman–Crippen LogP) is 3.78. The molecule has 104 valence electrons. The number of carbonyl (C=O) groups excluding carboxylic acids is 1. The zero-order valence-corrected chi connectivity index (χ0v) is 11.7. The molecule has 0 aliphatic carbocycles. The number of nitrogens with zero attached hydrogens (tertiary/aromatic N) is 1. The second-order valence-electron chi connectivity index (χ2n) is 4.99. The average Bonchev–Trinajstić information content (AvgIpc) is 2.48. The fourth-order valence-electron chi connectivity index (χ4n) is 2.18. The van der Waals surface area contributed by atoms with Gasteiger partial charge in [-0.1, -0.05) is 37.3 Å². The number of hydrogen-bond acceptors (Lipinski definition) is 2. The molecule has 0 saturated carbocycles. The number of rotatable bonds is 5. The summed E-state index contributed by atoms with van der Waals surface area (Å²) in [4.78, 5) is 14.2. The summed E-state index contributed by atoms with van der Waals surface area (Å²) in [5.41, 5.74) is 1.63. The Morgan fingerprint density at radius 3 is 2.30 bits per heavy atom. The summed E-state index contributed by atoms with van der Waals surface area (Å²) in [5, 5.41) is 0. The van der Waals surface area contributed by atoms with Gasteiger partial charge in [0.2, 0.25) is 0 Å². The van der Waals surface area contributed by atoms with E-state index in [4.69, 9.17) is 0 Å². The Balaban J connectivity index is 2.02. The van der Waals surface area contributed by atoms with Crippen molar-refractivity contribution >= 4 is 11.5 Å². The smallest absolute Gasteiger partial charge is 0.167 e. The molecule has 0 aliphatic rings. The van der Waals surface area contributed by atoms with Crippen molar-refractivity contribution in [3.8, 4) is 0 Å². The molecule has 2 nitrogen and oxygen atoms in total. The number of hydrogen-bond donors (Lipinski definition) is 0. The largest absolute Gasteiger partial charge is 0.374 e. The highest BCUT2D eigenvalue weighted by molar-refractivity contribution is 5.97. The van der Waals surface area contributed by atoms with E-state index in [1.807, 2.05) is 49.2 Å². The average molecular weight is 271 g/mol. The quantitative estimate of drug-likeness (QED) is 0.771. The number of Topliss-reactive ketones (excluding diaryl/α,β-unsaturated/α-hetero) is 1. The van der Waals surface area contributed by atoms with Crippen molar-refractivity contribution in [2.24, 2.45) is 5.92 Å². The molecule has 0 aromatic heterocycles. The van der Waals surface area contributed by atoms with Crippen LogP contribution in [0, 0.1) is 11.7 Å². The molecule has 0 aliphatic heterocycles. The Bertz CT molecular complexity index is 565. The monoisotopic (exact) mass is 271 g/mol. The van der Waals surface area contributed by atoms with Gasteiger partial charge in [0.15, 0.2) is 5.78 Å². The first-order valence-electron chi connectivity index (χ1n) is 6.64. The number of ketones is 1. The molecule has 0 bridgehead atoms. The van der Waals surface area contributed by atoms with Crippen molar-refractivity contribution in [2.75, 3.05) is 18.5 Å². The molecule has 0 heterocycles. The lowest BCUT2D eigenvalue weighted by Crippen LogP contribution is -2.28. The standard InChI is InChI=1S/C17H18FNO/c1-13(17(20)14-6-4-3-5-7-14)12-19(2)16-10-8-15(18)9-11-16/h3-11,13H,12H2,1-2H3. The van der Waals surface area contributed by atoms with Gasteiger partial charge in [0.25, 0.3) is 0 Å². The Morgan fingerprint density at radius 1 is 1.10 bits per heavy atom. The van der Waals surface area contributed by atoms with Crippen molar-refractivity contribution in [3.63, 3.8) is 0 Å². The second kappa shape index (κ2) is 6.33. The van der Waals surface area contributed by atoms with E-state index >= 15 is 0 Å². The zero-order valence-electron chi connectivity index (χ0n) is 11.7. The van der Waals surface area contributed by atoms with Gasteiger partial charge >= 0.3 is 0 Å². The summed E-state index contributed by atoms with van der Waals surface area (Å²) in [5.74, 6) is -0.248. The number of anilines is 1. The number of benzene rings is 2. The fraction of sp³-hybridized carbons (Fsp3) is 0.235. The molecule has 0 fully saturated rings. The van der Waals surface area contributed by atoms with Crippen LogP contribution in [-0.2, 0) is 0 Å². The first kappa shape index (κ1) is 14.3. The Morgan fingerprint density at radius 2 is 1.70 bits per heavy atom. The van der Waals surface area contributed by atoms with Crippen molar-refractivity contribution in [2.45, 2.75) is 6.92 Å². The molecule has 1 unspecified atom stereocenters. The highest BCUT2D eigenvalue weighted by Crippen LogP contribution is 2.16. The summed E-state index contributed by atoms with van der Waals surface area (Å²) in [6.07, 6.45) is 0. The lowest BCUT2D eigenvalue weighted by Gasteiger charge is -2.22. The Kier molecular flexibility index (Phi) is 4.51. The molecular weight excluding hydrogens is 253 g/mol. The van der Waals surface area contributed by atoms with Crippen LogP contribution in [0.15, 0.2) is 54.6 Å². The zero-order chi connectivity index (χ0) is 14.5. The van der Waals surface area contributed by atoms with E-state index in [0.717, 1.165) is 11.3 Å². The van der Waals surface area contributed by atoms with E-state index in [1.54, 1.807) is 12.1 Å². The van der Waals surface area contributed by atoms with E-state index in [1.165, 1.54) is 12.1 Å². The van der Waals surface area contributed by atoms with Gasteiger partial charge in [0.05, 0.1) is 0 Å². The van der Waals surface area contributed by atoms with Crippen LogP contribution >= 0.6 is 0 Å². The van der Waals surface area contributed by atoms with E-state index in [2.05, 4.69) is 0 Å². The van der Waals surface area contributed by atoms with Crippen LogP contribution in [-0.4, -0.2) is 19.4 Å². The maximum absolute atomic E-state index is 12.9. The van der Waals surface area contributed by atoms with E-state index < -0.39 is 0 Å². The lowest BCUT2D eigenvalue weighted by atomic mass is 9.99. The molecule has 3 heteroatoms. The van der Waals surface area contributed by atoms with E-state index in [0.29, 0.717) is 6.54 Å². The van der Waals surface area contributed by atoms with Crippen LogP contribution in [0.25, 0.3) is 0 Å². The van der Waals surface area contributed by atoms with Gasteiger partial charge in [-0.3, -0.25) is 4.79 Å². The number of halogens is 1. The highest BCUT2D eigenvalue weighted by atomic mass is 19.1. The van der Waals surface area contributed by atoms with Crippen LogP contribution in [0.1, 0.15) is 17.3 Å². The Labute approximate surface area is 118 Å². The van der Waals surface area contributed by atoms with Crippen LogP contribution in [0.5, 0.6) is 0 Å². The van der Waals surface area contributed by atoms with Gasteiger partial charge in [-0.25, -0.2) is 4.39 Å². The molecule has 20 heavy (non-hydrogen) atoms. The van der Waals surface area contributed by atoms with Gasteiger partial charge in [-0.15, -0.1) is 0 Å². The minimum atomic E-state index is -0.254. The van der Waals surface area contributed by atoms with Gasteiger partial charge in [-0.2, -0.15) is 0 Å². The highest BCUT2D eigenvalue weighted by Gasteiger charge is 2.17. The predicted molar refractivity (Wildman–Crippen MR) is 79.6 cm³/mol. The van der Waals surface area contributed by atoms with Crippen molar-refractivity contribution < 1.29 is 9.18 Å². The van der Waals surface area contributed by atoms with Crippen molar-refractivity contribution in [1.29, 1.82) is 0 Å². The summed E-state index contributed by atoms with van der Waals surface area (Å²) in [6, 6.07) is 15.6. The molecule has 2 aromatic rings. The van der Waals surface area contributed by atoms with Crippen molar-refractivity contribution in [3.05, 3.63) is 66.0 Å². The first-order chi connectivity index (χ1) is 9.58. The van der Waals surface area contributed by atoms with E-state index in [-0.39, 0.29) is 17.5 Å². The van der Waals surface area contributed by atoms with Crippen molar-refractivity contribution in [1.82, 2.24) is 0 Å². The van der Waals surface area contributed by atoms with E-state index in [9.17, 15) is 9.18 Å². The minimum absolute atomic E-state index is 0.118. The molecule has 0 radical (unpaired) electrons. The van der Waals surface area contributed by atoms with Gasteiger partial charge in [0, 0.05) is 30.8 Å². The van der Waals surface area contributed by atoms with Gasteiger partial charge < -0.3 is 4.90 Å². The van der Waals surface area contributed by atoms with Crippen LogP contribution in [0.2, 0.25) is 0 Å². The molecule has 1 atom stereocenters. The molecule has 0 amide bonds. The lowest BCUT2D eigenvalue weighted by molar-refractivity contribution is 0.0933. The van der Waals surface area contributed by atoms with Gasteiger partial charge in [-0.05, 0) is 24.3 Å². The molecule has 2 rings (SSSR count). The summed E-state index contributed by atoms with van der Waals surface area (Å²) in [7, 11) is 1.90. The third-order valence-electron chi connectivity index (χ3n) is 3.32. The molecule has 0 spiro atoms. The third kappa shape index (κ3) is 3.44. The Hall–Kier alpha value is -2.16. The van der Waals surface area contributed by atoms with Crippen LogP contribution < -0.4 is 4.90 Å². The molecule has 0 saturated heterocycles. The maximum Gasteiger partial charge on any atom is 0.167 e. The second-order valence-corrected chi connectivity index (χ2v) is 4.99. The summed E-state index contributed by atoms with van der Waals surface area (Å²) >= 11 is 0. The summed E-state index contributed by atoms with van der Waals surface area (Å²) < 4.78 is 12.9. The van der Waals surface area contributed by atoms with Crippen LogP contribution in [0.3, 0.4) is 0 Å². The van der Waals surface area contributed by atoms with Gasteiger partial charge in [0.1, 0.15) is 5.82 Å². The summed E-state index contributed by atoms with van der Waals surface area (Å²) in [6.45, 7) is 2.51.